The Hall–Kier alpha value is -2.95. The number of nitrogens with zero attached hydrogens (tertiary/aromatic N) is 3. The van der Waals surface area contributed by atoms with Crippen LogP contribution in [0.5, 0.6) is 0 Å². The molecule has 1 aromatic carbocycles. The van der Waals surface area contributed by atoms with Crippen molar-refractivity contribution in [3.05, 3.63) is 55.0 Å². The molecular weight excluding hydrogens is 250 g/mol. The molecule has 0 unspecified atom stereocenters. The fraction of sp³-hybridized carbons (Fsp3) is 0. The fourth-order valence-corrected chi connectivity index (χ4v) is 2.06. The summed E-state index contributed by atoms with van der Waals surface area (Å²) in [5.41, 5.74) is 15.8. The number of hydrogen-bond acceptors (Lipinski definition) is 5. The molecule has 0 bridgehead atoms. The summed E-state index contributed by atoms with van der Waals surface area (Å²) in [5, 5.41) is 0. The number of para-hydroxylation sites is 1. The number of benzene rings is 1. The van der Waals surface area contributed by atoms with Gasteiger partial charge in [0.25, 0.3) is 0 Å². The van der Waals surface area contributed by atoms with E-state index in [0.29, 0.717) is 5.69 Å². The minimum Gasteiger partial charge on any atom is -0.398 e. The van der Waals surface area contributed by atoms with Gasteiger partial charge >= 0.3 is 0 Å². The highest BCUT2D eigenvalue weighted by Gasteiger charge is 2.12. The van der Waals surface area contributed by atoms with Crippen molar-refractivity contribution in [2.45, 2.75) is 0 Å². The van der Waals surface area contributed by atoms with Gasteiger partial charge in [-0.05, 0) is 18.2 Å². The van der Waals surface area contributed by atoms with E-state index in [0.717, 1.165) is 22.4 Å². The van der Waals surface area contributed by atoms with Crippen LogP contribution in [0.3, 0.4) is 0 Å². The molecule has 5 nitrogen and oxygen atoms in total. The number of aromatic nitrogens is 3. The predicted molar refractivity (Wildman–Crippen MR) is 79.5 cm³/mol. The Morgan fingerprint density at radius 2 is 1.60 bits per heavy atom. The molecule has 0 radical (unpaired) electrons. The highest BCUT2D eigenvalue weighted by Crippen LogP contribution is 2.33. The summed E-state index contributed by atoms with van der Waals surface area (Å²) in [4.78, 5) is 12.4. The summed E-state index contributed by atoms with van der Waals surface area (Å²) in [7, 11) is 0. The Kier molecular flexibility index (Phi) is 3.01. The molecule has 0 fully saturated rings. The molecule has 2 aromatic heterocycles. The molecule has 3 rings (SSSR count). The summed E-state index contributed by atoms with van der Waals surface area (Å²) in [6, 6.07) is 11.4. The zero-order valence-electron chi connectivity index (χ0n) is 10.7. The lowest BCUT2D eigenvalue weighted by Gasteiger charge is -2.11. The van der Waals surface area contributed by atoms with E-state index in [4.69, 9.17) is 11.5 Å². The summed E-state index contributed by atoms with van der Waals surface area (Å²) in [6.45, 7) is 0. The van der Waals surface area contributed by atoms with Crippen LogP contribution in [0.1, 0.15) is 0 Å². The Labute approximate surface area is 116 Å². The maximum absolute atomic E-state index is 6.04. The van der Waals surface area contributed by atoms with Gasteiger partial charge in [0.15, 0.2) is 0 Å². The van der Waals surface area contributed by atoms with Crippen molar-refractivity contribution < 1.29 is 0 Å². The van der Waals surface area contributed by atoms with Crippen molar-refractivity contribution in [2.75, 3.05) is 11.5 Å². The predicted octanol–water partition coefficient (Wildman–Crippen LogP) is 2.37. The van der Waals surface area contributed by atoms with E-state index in [1.165, 1.54) is 0 Å². The van der Waals surface area contributed by atoms with Gasteiger partial charge in [-0.1, -0.05) is 18.2 Å². The van der Waals surface area contributed by atoms with Crippen molar-refractivity contribution >= 4 is 11.6 Å². The van der Waals surface area contributed by atoms with Crippen molar-refractivity contribution in [1.29, 1.82) is 0 Å². The molecule has 4 N–H and O–H groups in total. The summed E-state index contributed by atoms with van der Waals surface area (Å²) >= 11 is 0. The van der Waals surface area contributed by atoms with Crippen LogP contribution in [0.25, 0.3) is 22.4 Å². The quantitative estimate of drug-likeness (QED) is 0.693. The van der Waals surface area contributed by atoms with Gasteiger partial charge in [0.2, 0.25) is 5.95 Å². The monoisotopic (exact) mass is 263 g/mol. The van der Waals surface area contributed by atoms with E-state index in [1.54, 1.807) is 18.6 Å². The zero-order chi connectivity index (χ0) is 13.9. The molecule has 0 saturated carbocycles. The lowest BCUT2D eigenvalue weighted by Crippen LogP contribution is -2.00. The van der Waals surface area contributed by atoms with E-state index >= 15 is 0 Å². The van der Waals surface area contributed by atoms with Crippen LogP contribution in [0.2, 0.25) is 0 Å². The minimum atomic E-state index is 0.232. The Morgan fingerprint density at radius 1 is 0.850 bits per heavy atom. The van der Waals surface area contributed by atoms with E-state index in [9.17, 15) is 0 Å². The van der Waals surface area contributed by atoms with Crippen LogP contribution in [0.4, 0.5) is 11.6 Å². The number of pyridine rings is 1. The molecule has 5 heteroatoms. The third-order valence-corrected chi connectivity index (χ3v) is 3.01. The molecule has 3 aromatic rings. The lowest BCUT2D eigenvalue weighted by atomic mass is 10.0. The van der Waals surface area contributed by atoms with Crippen molar-refractivity contribution in [3.8, 4) is 22.4 Å². The van der Waals surface area contributed by atoms with Crippen LogP contribution in [-0.2, 0) is 0 Å². The standard InChI is InChI=1S/C15H13N5/c16-13-4-2-1-3-11(13)12-9-19-15(17)20-14(12)10-5-7-18-8-6-10/h1-9H,16H2,(H2,17,19,20). The number of nitrogen functional groups attached to an aromatic ring is 2. The van der Waals surface area contributed by atoms with Gasteiger partial charge in [0.1, 0.15) is 0 Å². The second-order valence-electron chi connectivity index (χ2n) is 4.31. The van der Waals surface area contributed by atoms with Gasteiger partial charge in [-0.2, -0.15) is 0 Å². The Morgan fingerprint density at radius 3 is 2.35 bits per heavy atom. The highest BCUT2D eigenvalue weighted by atomic mass is 15.0. The fourth-order valence-electron chi connectivity index (χ4n) is 2.06. The largest absolute Gasteiger partial charge is 0.398 e. The SMILES string of the molecule is Nc1ncc(-c2ccccc2N)c(-c2ccncc2)n1. The van der Waals surface area contributed by atoms with Crippen LogP contribution in [-0.4, -0.2) is 15.0 Å². The molecule has 0 aliphatic heterocycles. The first-order valence-electron chi connectivity index (χ1n) is 6.13. The lowest BCUT2D eigenvalue weighted by molar-refractivity contribution is 1.19. The van der Waals surface area contributed by atoms with Gasteiger partial charge in [0, 0.05) is 41.0 Å². The molecule has 0 spiro atoms. The van der Waals surface area contributed by atoms with Crippen LogP contribution < -0.4 is 11.5 Å². The smallest absolute Gasteiger partial charge is 0.220 e. The van der Waals surface area contributed by atoms with Gasteiger partial charge in [-0.15, -0.1) is 0 Å². The average Bonchev–Trinajstić information content (AvgIpc) is 2.49. The zero-order valence-corrected chi connectivity index (χ0v) is 10.7. The second kappa shape index (κ2) is 4.97. The van der Waals surface area contributed by atoms with Gasteiger partial charge in [-0.25, -0.2) is 9.97 Å². The molecule has 0 saturated heterocycles. The summed E-state index contributed by atoms with van der Waals surface area (Å²) in [6.07, 6.45) is 5.13. The summed E-state index contributed by atoms with van der Waals surface area (Å²) < 4.78 is 0. The third kappa shape index (κ3) is 2.16. The number of nitrogens with two attached hydrogens (primary N) is 2. The Balaban J connectivity index is 2.25. The van der Waals surface area contributed by atoms with Crippen molar-refractivity contribution in [3.63, 3.8) is 0 Å². The normalized spacial score (nSPS) is 10.4. The minimum absolute atomic E-state index is 0.232. The number of anilines is 2. The molecule has 0 aliphatic rings. The van der Waals surface area contributed by atoms with E-state index < -0.39 is 0 Å². The second-order valence-corrected chi connectivity index (χ2v) is 4.31. The van der Waals surface area contributed by atoms with Crippen LogP contribution >= 0.6 is 0 Å². The molecule has 0 amide bonds. The van der Waals surface area contributed by atoms with E-state index in [2.05, 4.69) is 15.0 Å². The van der Waals surface area contributed by atoms with Gasteiger partial charge in [0.05, 0.1) is 5.69 Å². The molecule has 98 valence electrons. The van der Waals surface area contributed by atoms with Crippen LogP contribution in [0, 0.1) is 0 Å². The topological polar surface area (TPSA) is 90.7 Å². The van der Waals surface area contributed by atoms with Gasteiger partial charge in [-0.3, -0.25) is 4.98 Å². The van der Waals surface area contributed by atoms with E-state index in [1.807, 2.05) is 36.4 Å². The molecule has 20 heavy (non-hydrogen) atoms. The Bertz CT molecular complexity index is 740. The maximum atomic E-state index is 6.04. The summed E-state index contributed by atoms with van der Waals surface area (Å²) in [5.74, 6) is 0.232. The molecule has 0 atom stereocenters. The average molecular weight is 263 g/mol. The van der Waals surface area contributed by atoms with Crippen molar-refractivity contribution in [1.82, 2.24) is 15.0 Å². The molecule has 0 aliphatic carbocycles. The third-order valence-electron chi connectivity index (χ3n) is 3.01. The molecular formula is C15H13N5. The first kappa shape index (κ1) is 12.1. The maximum Gasteiger partial charge on any atom is 0.220 e. The first-order valence-corrected chi connectivity index (χ1v) is 6.13. The molecule has 2 heterocycles. The first-order chi connectivity index (χ1) is 9.75. The van der Waals surface area contributed by atoms with Gasteiger partial charge < -0.3 is 11.5 Å². The van der Waals surface area contributed by atoms with Crippen molar-refractivity contribution in [2.24, 2.45) is 0 Å². The van der Waals surface area contributed by atoms with E-state index in [-0.39, 0.29) is 5.95 Å². The van der Waals surface area contributed by atoms with Crippen LogP contribution in [0.15, 0.2) is 55.0 Å². The highest BCUT2D eigenvalue weighted by molar-refractivity contribution is 5.86. The number of rotatable bonds is 2. The number of hydrogen-bond donors (Lipinski definition) is 2.